The lowest BCUT2D eigenvalue weighted by molar-refractivity contribution is -0.144. The van der Waals surface area contributed by atoms with E-state index in [0.717, 1.165) is 32.2 Å². The van der Waals surface area contributed by atoms with Crippen molar-refractivity contribution in [2.24, 2.45) is 11.8 Å². The number of nitrogens with one attached hydrogen (secondary N) is 1. The molecule has 0 aromatic carbocycles. The summed E-state index contributed by atoms with van der Waals surface area (Å²) in [7, 11) is 2.11. The highest BCUT2D eigenvalue weighted by Gasteiger charge is 2.30. The Balaban J connectivity index is 2.17. The molecule has 0 aliphatic heterocycles. The topological polar surface area (TPSA) is 69.6 Å². The maximum Gasteiger partial charge on any atom is 0.306 e. The van der Waals surface area contributed by atoms with Crippen LogP contribution in [0, 0.1) is 11.8 Å². The van der Waals surface area contributed by atoms with Crippen LogP contribution in [-0.4, -0.2) is 48.1 Å². The fourth-order valence-corrected chi connectivity index (χ4v) is 2.75. The van der Waals surface area contributed by atoms with Crippen LogP contribution in [0.25, 0.3) is 0 Å². The standard InChI is InChI=1S/C16H30N2O3/c1-12(2)18(3)10-5-4-9-17-15(19)13-7-6-8-14(11-13)16(20)21/h12-14H,4-11H2,1-3H3,(H,17,19)(H,20,21). The van der Waals surface area contributed by atoms with Crippen LogP contribution in [0.2, 0.25) is 0 Å². The third-order valence-corrected chi connectivity index (χ3v) is 4.51. The van der Waals surface area contributed by atoms with Crippen molar-refractivity contribution in [2.75, 3.05) is 20.1 Å². The van der Waals surface area contributed by atoms with Crippen LogP contribution in [-0.2, 0) is 9.59 Å². The van der Waals surface area contributed by atoms with Gasteiger partial charge in [0, 0.05) is 18.5 Å². The van der Waals surface area contributed by atoms with E-state index in [-0.39, 0.29) is 17.7 Å². The lowest BCUT2D eigenvalue weighted by atomic mass is 9.81. The van der Waals surface area contributed by atoms with Gasteiger partial charge in [0.25, 0.3) is 0 Å². The van der Waals surface area contributed by atoms with Crippen molar-refractivity contribution < 1.29 is 14.7 Å². The van der Waals surface area contributed by atoms with E-state index in [0.29, 0.717) is 25.4 Å². The van der Waals surface area contributed by atoms with Crippen molar-refractivity contribution in [1.82, 2.24) is 10.2 Å². The highest BCUT2D eigenvalue weighted by molar-refractivity contribution is 5.80. The molecule has 5 nitrogen and oxygen atoms in total. The van der Waals surface area contributed by atoms with Gasteiger partial charge < -0.3 is 15.3 Å². The molecule has 1 aliphatic rings. The van der Waals surface area contributed by atoms with E-state index in [1.165, 1.54) is 0 Å². The molecule has 1 aliphatic carbocycles. The molecule has 2 N–H and O–H groups in total. The van der Waals surface area contributed by atoms with Gasteiger partial charge in [0.05, 0.1) is 5.92 Å². The number of hydrogen-bond donors (Lipinski definition) is 2. The zero-order valence-electron chi connectivity index (χ0n) is 13.6. The second kappa shape index (κ2) is 9.03. The predicted octanol–water partition coefficient (Wildman–Crippen LogP) is 2.11. The quantitative estimate of drug-likeness (QED) is 0.673. The average molecular weight is 298 g/mol. The Labute approximate surface area is 128 Å². The van der Waals surface area contributed by atoms with Gasteiger partial charge in [0.15, 0.2) is 0 Å². The molecule has 2 unspecified atom stereocenters. The number of carboxylic acids is 1. The number of carbonyl (C=O) groups is 2. The normalized spacial score (nSPS) is 22.5. The molecule has 0 spiro atoms. The zero-order chi connectivity index (χ0) is 15.8. The van der Waals surface area contributed by atoms with Crippen LogP contribution >= 0.6 is 0 Å². The summed E-state index contributed by atoms with van der Waals surface area (Å²) in [6.07, 6.45) is 4.91. The van der Waals surface area contributed by atoms with Crippen LogP contribution in [0.1, 0.15) is 52.4 Å². The summed E-state index contributed by atoms with van der Waals surface area (Å²) in [5.41, 5.74) is 0. The largest absolute Gasteiger partial charge is 0.481 e. The minimum Gasteiger partial charge on any atom is -0.481 e. The van der Waals surface area contributed by atoms with Gasteiger partial charge in [-0.1, -0.05) is 6.42 Å². The Bertz CT molecular complexity index is 344. The van der Waals surface area contributed by atoms with Gasteiger partial charge in [0.2, 0.25) is 5.91 Å². The third kappa shape index (κ3) is 6.46. The number of amides is 1. The van der Waals surface area contributed by atoms with Crippen LogP contribution in [0.15, 0.2) is 0 Å². The second-order valence-electron chi connectivity index (χ2n) is 6.47. The van der Waals surface area contributed by atoms with Gasteiger partial charge in [-0.25, -0.2) is 0 Å². The molecule has 1 amide bonds. The monoisotopic (exact) mass is 298 g/mol. The first-order valence-electron chi connectivity index (χ1n) is 8.12. The molecule has 1 saturated carbocycles. The van der Waals surface area contributed by atoms with Gasteiger partial charge >= 0.3 is 5.97 Å². The predicted molar refractivity (Wildman–Crippen MR) is 83.1 cm³/mol. The first-order valence-corrected chi connectivity index (χ1v) is 8.12. The highest BCUT2D eigenvalue weighted by Crippen LogP contribution is 2.29. The van der Waals surface area contributed by atoms with E-state index in [4.69, 9.17) is 5.11 Å². The molecule has 0 saturated heterocycles. The van der Waals surface area contributed by atoms with Crippen molar-refractivity contribution in [3.8, 4) is 0 Å². The highest BCUT2D eigenvalue weighted by atomic mass is 16.4. The number of hydrogen-bond acceptors (Lipinski definition) is 3. The lowest BCUT2D eigenvalue weighted by Crippen LogP contribution is -2.36. The summed E-state index contributed by atoms with van der Waals surface area (Å²) in [6, 6.07) is 0.551. The van der Waals surface area contributed by atoms with Crippen molar-refractivity contribution in [2.45, 2.75) is 58.4 Å². The Morgan fingerprint density at radius 1 is 1.24 bits per heavy atom. The van der Waals surface area contributed by atoms with Gasteiger partial charge in [0.1, 0.15) is 0 Å². The lowest BCUT2D eigenvalue weighted by Gasteiger charge is -2.25. The van der Waals surface area contributed by atoms with E-state index in [1.54, 1.807) is 0 Å². The molecule has 0 aromatic rings. The van der Waals surface area contributed by atoms with Crippen LogP contribution in [0.4, 0.5) is 0 Å². The van der Waals surface area contributed by atoms with Crippen molar-refractivity contribution in [3.63, 3.8) is 0 Å². The molecule has 1 fully saturated rings. The van der Waals surface area contributed by atoms with Crippen molar-refractivity contribution in [3.05, 3.63) is 0 Å². The van der Waals surface area contributed by atoms with Crippen molar-refractivity contribution >= 4 is 11.9 Å². The first kappa shape index (κ1) is 18.0. The summed E-state index contributed by atoms with van der Waals surface area (Å²) in [4.78, 5) is 25.4. The van der Waals surface area contributed by atoms with E-state index in [2.05, 4.69) is 31.1 Å². The number of carbonyl (C=O) groups excluding carboxylic acids is 1. The number of carboxylic acid groups (broad SMARTS) is 1. The molecule has 2 atom stereocenters. The van der Waals surface area contributed by atoms with Gasteiger partial charge in [-0.3, -0.25) is 9.59 Å². The minimum atomic E-state index is -0.760. The third-order valence-electron chi connectivity index (χ3n) is 4.51. The smallest absolute Gasteiger partial charge is 0.306 e. The van der Waals surface area contributed by atoms with Crippen LogP contribution in [0.3, 0.4) is 0 Å². The van der Waals surface area contributed by atoms with Crippen LogP contribution in [0.5, 0.6) is 0 Å². The molecule has 0 aromatic heterocycles. The molecular formula is C16H30N2O3. The Hall–Kier alpha value is -1.10. The Morgan fingerprint density at radius 2 is 1.90 bits per heavy atom. The van der Waals surface area contributed by atoms with Crippen LogP contribution < -0.4 is 5.32 Å². The number of rotatable bonds is 8. The molecule has 21 heavy (non-hydrogen) atoms. The summed E-state index contributed by atoms with van der Waals surface area (Å²) in [5.74, 6) is -1.17. The average Bonchev–Trinajstić information content (AvgIpc) is 2.46. The molecule has 122 valence electrons. The Kier molecular flexibility index (Phi) is 7.72. The first-order chi connectivity index (χ1) is 9.91. The number of nitrogens with zero attached hydrogens (tertiary/aromatic N) is 1. The maximum absolute atomic E-state index is 12.1. The SMILES string of the molecule is CC(C)N(C)CCCCNC(=O)C1CCCC(C(=O)O)C1. The van der Waals surface area contributed by atoms with Gasteiger partial charge in [-0.15, -0.1) is 0 Å². The second-order valence-corrected chi connectivity index (χ2v) is 6.47. The maximum atomic E-state index is 12.1. The Morgan fingerprint density at radius 3 is 2.52 bits per heavy atom. The van der Waals surface area contributed by atoms with Gasteiger partial charge in [-0.05, 0) is 59.5 Å². The van der Waals surface area contributed by atoms with E-state index in [9.17, 15) is 9.59 Å². The molecule has 5 heteroatoms. The summed E-state index contributed by atoms with van der Waals surface area (Å²) in [6.45, 7) is 6.07. The van der Waals surface area contributed by atoms with E-state index in [1.807, 2.05) is 0 Å². The molecular weight excluding hydrogens is 268 g/mol. The molecule has 1 rings (SSSR count). The molecule has 0 heterocycles. The van der Waals surface area contributed by atoms with Crippen molar-refractivity contribution in [1.29, 1.82) is 0 Å². The molecule has 0 radical (unpaired) electrons. The van der Waals surface area contributed by atoms with E-state index < -0.39 is 5.97 Å². The summed E-state index contributed by atoms with van der Waals surface area (Å²) < 4.78 is 0. The van der Waals surface area contributed by atoms with E-state index >= 15 is 0 Å². The number of aliphatic carboxylic acids is 1. The summed E-state index contributed by atoms with van der Waals surface area (Å²) in [5, 5.41) is 12.0. The van der Waals surface area contributed by atoms with Gasteiger partial charge in [-0.2, -0.15) is 0 Å². The zero-order valence-corrected chi connectivity index (χ0v) is 13.6. The minimum absolute atomic E-state index is 0.0400. The fraction of sp³-hybridized carbons (Fsp3) is 0.875. The number of unbranched alkanes of at least 4 members (excludes halogenated alkanes) is 1. The summed E-state index contributed by atoms with van der Waals surface area (Å²) >= 11 is 0. The fourth-order valence-electron chi connectivity index (χ4n) is 2.75. The molecule has 0 bridgehead atoms.